The summed E-state index contributed by atoms with van der Waals surface area (Å²) < 4.78 is 21.4. The van der Waals surface area contributed by atoms with Crippen LogP contribution in [0.5, 0.6) is 11.6 Å². The molecule has 0 radical (unpaired) electrons. The summed E-state index contributed by atoms with van der Waals surface area (Å²) in [5, 5.41) is 1.18. The maximum atomic E-state index is 13.1. The van der Waals surface area contributed by atoms with Crippen LogP contribution in [-0.2, 0) is 6.54 Å². The molecule has 4 rings (SSSR count). The van der Waals surface area contributed by atoms with E-state index in [1.54, 1.807) is 18.3 Å². The molecule has 24 heavy (non-hydrogen) atoms. The minimum atomic E-state index is -0.271. The normalized spacial score (nSPS) is 13.8. The SMILES string of the molecule is Cc1c(C)n(CC2CC2)c2c(Oc3ccc(F)cc3)nccc12.Cl. The van der Waals surface area contributed by atoms with Gasteiger partial charge in [-0.05, 0) is 68.5 Å². The Balaban J connectivity index is 0.00000169. The molecule has 0 spiro atoms. The van der Waals surface area contributed by atoms with Gasteiger partial charge in [-0.15, -0.1) is 12.4 Å². The van der Waals surface area contributed by atoms with Crippen molar-refractivity contribution in [2.75, 3.05) is 0 Å². The molecular weight excluding hydrogens is 327 g/mol. The maximum absolute atomic E-state index is 13.1. The molecule has 0 amide bonds. The van der Waals surface area contributed by atoms with Gasteiger partial charge < -0.3 is 9.30 Å². The van der Waals surface area contributed by atoms with Crippen LogP contribution in [-0.4, -0.2) is 9.55 Å². The lowest BCUT2D eigenvalue weighted by Gasteiger charge is -2.11. The van der Waals surface area contributed by atoms with Crippen molar-refractivity contribution in [2.24, 2.45) is 5.92 Å². The third kappa shape index (κ3) is 2.98. The van der Waals surface area contributed by atoms with Crippen molar-refractivity contribution in [3.8, 4) is 11.6 Å². The van der Waals surface area contributed by atoms with E-state index in [1.807, 2.05) is 6.07 Å². The summed E-state index contributed by atoms with van der Waals surface area (Å²) in [6.07, 6.45) is 4.37. The molecule has 1 aromatic carbocycles. The fraction of sp³-hybridized carbons (Fsp3) is 0.316. The Hall–Kier alpha value is -2.07. The standard InChI is InChI=1S/C19H19FN2O.ClH/c1-12-13(2)22(11-14-3-4-14)18-17(12)9-10-21-19(18)23-16-7-5-15(20)6-8-16;/h5-10,14H,3-4,11H2,1-2H3;1H. The van der Waals surface area contributed by atoms with Crippen molar-refractivity contribution >= 4 is 23.3 Å². The average Bonchev–Trinajstić information content (AvgIpc) is 3.34. The summed E-state index contributed by atoms with van der Waals surface area (Å²) in [7, 11) is 0. The first-order valence-electron chi connectivity index (χ1n) is 8.01. The van der Waals surface area contributed by atoms with E-state index in [2.05, 4.69) is 23.4 Å². The fourth-order valence-corrected chi connectivity index (χ4v) is 3.04. The second-order valence-electron chi connectivity index (χ2n) is 6.33. The Morgan fingerprint density at radius 1 is 1.17 bits per heavy atom. The summed E-state index contributed by atoms with van der Waals surface area (Å²) in [4.78, 5) is 4.43. The highest BCUT2D eigenvalue weighted by molar-refractivity contribution is 5.89. The molecule has 0 aliphatic heterocycles. The molecule has 2 heterocycles. The average molecular weight is 347 g/mol. The van der Waals surface area contributed by atoms with Gasteiger partial charge in [0.25, 0.3) is 0 Å². The van der Waals surface area contributed by atoms with Gasteiger partial charge in [-0.3, -0.25) is 0 Å². The molecular formula is C19H20ClFN2O. The van der Waals surface area contributed by atoms with Gasteiger partial charge in [-0.1, -0.05) is 0 Å². The minimum absolute atomic E-state index is 0. The van der Waals surface area contributed by atoms with Gasteiger partial charge in [-0.2, -0.15) is 0 Å². The van der Waals surface area contributed by atoms with Crippen LogP contribution < -0.4 is 4.74 Å². The van der Waals surface area contributed by atoms with Gasteiger partial charge in [0, 0.05) is 23.8 Å². The second kappa shape index (κ2) is 6.44. The molecule has 2 aromatic heterocycles. The molecule has 3 aromatic rings. The molecule has 1 aliphatic rings. The largest absolute Gasteiger partial charge is 0.437 e. The molecule has 0 unspecified atom stereocenters. The molecule has 1 saturated carbocycles. The first-order chi connectivity index (χ1) is 11.1. The van der Waals surface area contributed by atoms with E-state index in [0.29, 0.717) is 11.6 Å². The first kappa shape index (κ1) is 16.8. The second-order valence-corrected chi connectivity index (χ2v) is 6.33. The number of benzene rings is 1. The molecule has 1 fully saturated rings. The Labute approximate surface area is 146 Å². The van der Waals surface area contributed by atoms with Crippen LogP contribution in [0.3, 0.4) is 0 Å². The topological polar surface area (TPSA) is 27.1 Å². The van der Waals surface area contributed by atoms with Crippen LogP contribution in [0, 0.1) is 25.6 Å². The number of fused-ring (bicyclic) bond motifs is 1. The molecule has 5 heteroatoms. The van der Waals surface area contributed by atoms with Gasteiger partial charge in [0.05, 0.1) is 0 Å². The number of aromatic nitrogens is 2. The van der Waals surface area contributed by atoms with E-state index in [4.69, 9.17) is 4.74 Å². The van der Waals surface area contributed by atoms with Crippen molar-refractivity contribution < 1.29 is 9.13 Å². The van der Waals surface area contributed by atoms with E-state index in [1.165, 1.54) is 41.6 Å². The molecule has 0 N–H and O–H groups in total. The van der Waals surface area contributed by atoms with Crippen LogP contribution in [0.2, 0.25) is 0 Å². The monoisotopic (exact) mass is 346 g/mol. The Morgan fingerprint density at radius 2 is 1.88 bits per heavy atom. The third-order valence-electron chi connectivity index (χ3n) is 4.68. The Morgan fingerprint density at radius 3 is 2.54 bits per heavy atom. The zero-order valence-corrected chi connectivity index (χ0v) is 14.6. The summed E-state index contributed by atoms with van der Waals surface area (Å²) in [6, 6.07) is 8.09. The van der Waals surface area contributed by atoms with Crippen molar-refractivity contribution in [2.45, 2.75) is 33.2 Å². The van der Waals surface area contributed by atoms with Gasteiger partial charge in [0.1, 0.15) is 17.1 Å². The predicted octanol–water partition coefficient (Wildman–Crippen LogP) is 5.42. The highest BCUT2D eigenvalue weighted by atomic mass is 35.5. The smallest absolute Gasteiger partial charge is 0.244 e. The lowest BCUT2D eigenvalue weighted by atomic mass is 10.2. The van der Waals surface area contributed by atoms with Crippen molar-refractivity contribution in [1.82, 2.24) is 9.55 Å². The van der Waals surface area contributed by atoms with Crippen LogP contribution in [0.15, 0.2) is 36.5 Å². The maximum Gasteiger partial charge on any atom is 0.244 e. The molecule has 1 aliphatic carbocycles. The molecule has 126 valence electrons. The highest BCUT2D eigenvalue weighted by Gasteiger charge is 2.25. The molecule has 0 saturated heterocycles. The van der Waals surface area contributed by atoms with Crippen molar-refractivity contribution in [3.63, 3.8) is 0 Å². The summed E-state index contributed by atoms with van der Waals surface area (Å²) in [6.45, 7) is 5.31. The highest BCUT2D eigenvalue weighted by Crippen LogP contribution is 2.37. The van der Waals surface area contributed by atoms with Crippen LogP contribution >= 0.6 is 12.4 Å². The number of ether oxygens (including phenoxy) is 1. The van der Waals surface area contributed by atoms with E-state index < -0.39 is 0 Å². The Kier molecular flexibility index (Phi) is 4.50. The Bertz CT molecular complexity index is 869. The zero-order chi connectivity index (χ0) is 16.0. The number of nitrogens with zero attached hydrogens (tertiary/aromatic N) is 2. The van der Waals surface area contributed by atoms with Crippen LogP contribution in [0.4, 0.5) is 4.39 Å². The number of pyridine rings is 1. The number of aryl methyl sites for hydroxylation is 1. The van der Waals surface area contributed by atoms with Crippen molar-refractivity contribution in [1.29, 1.82) is 0 Å². The lowest BCUT2D eigenvalue weighted by Crippen LogP contribution is -2.03. The molecule has 3 nitrogen and oxygen atoms in total. The van der Waals surface area contributed by atoms with Crippen LogP contribution in [0.1, 0.15) is 24.1 Å². The summed E-state index contributed by atoms with van der Waals surface area (Å²) in [5.74, 6) is 1.68. The zero-order valence-electron chi connectivity index (χ0n) is 13.8. The predicted molar refractivity (Wildman–Crippen MR) is 95.7 cm³/mol. The van der Waals surface area contributed by atoms with E-state index in [9.17, 15) is 4.39 Å². The number of halogens is 2. The number of rotatable bonds is 4. The van der Waals surface area contributed by atoms with E-state index in [-0.39, 0.29) is 18.2 Å². The quantitative estimate of drug-likeness (QED) is 0.631. The fourth-order valence-electron chi connectivity index (χ4n) is 3.04. The third-order valence-corrected chi connectivity index (χ3v) is 4.68. The molecule has 0 bridgehead atoms. The number of hydrogen-bond donors (Lipinski definition) is 0. The van der Waals surface area contributed by atoms with Gasteiger partial charge in [-0.25, -0.2) is 9.37 Å². The minimum Gasteiger partial charge on any atom is -0.437 e. The van der Waals surface area contributed by atoms with Crippen molar-refractivity contribution in [3.05, 3.63) is 53.6 Å². The van der Waals surface area contributed by atoms with Crippen LogP contribution in [0.25, 0.3) is 10.9 Å². The number of hydrogen-bond acceptors (Lipinski definition) is 2. The van der Waals surface area contributed by atoms with Gasteiger partial charge >= 0.3 is 0 Å². The lowest BCUT2D eigenvalue weighted by molar-refractivity contribution is 0.462. The summed E-state index contributed by atoms with van der Waals surface area (Å²) in [5.41, 5.74) is 3.58. The van der Waals surface area contributed by atoms with E-state index >= 15 is 0 Å². The van der Waals surface area contributed by atoms with Gasteiger partial charge in [0.15, 0.2) is 0 Å². The van der Waals surface area contributed by atoms with E-state index in [0.717, 1.165) is 18.0 Å². The molecule has 0 atom stereocenters. The van der Waals surface area contributed by atoms with Gasteiger partial charge in [0.2, 0.25) is 5.88 Å². The first-order valence-corrected chi connectivity index (χ1v) is 8.01. The summed E-state index contributed by atoms with van der Waals surface area (Å²) >= 11 is 0.